The Labute approximate surface area is 108 Å². The van der Waals surface area contributed by atoms with Crippen molar-refractivity contribution in [2.45, 2.75) is 32.4 Å². The fourth-order valence-electron chi connectivity index (χ4n) is 2.24. The van der Waals surface area contributed by atoms with Gasteiger partial charge < -0.3 is 9.88 Å². The van der Waals surface area contributed by atoms with E-state index in [1.54, 1.807) is 0 Å². The quantitative estimate of drug-likeness (QED) is 0.790. The minimum atomic E-state index is 0.658. The van der Waals surface area contributed by atoms with Crippen LogP contribution >= 0.6 is 0 Å². The average Bonchev–Trinajstić information content (AvgIpc) is 2.78. The van der Waals surface area contributed by atoms with Crippen LogP contribution in [0.25, 0.3) is 10.9 Å². The van der Waals surface area contributed by atoms with Crippen LogP contribution in [0.15, 0.2) is 30.5 Å². The molecule has 1 heterocycles. The zero-order valence-electron chi connectivity index (χ0n) is 10.8. The zero-order chi connectivity index (χ0) is 12.8. The first kappa shape index (κ1) is 12.7. The van der Waals surface area contributed by atoms with E-state index in [0.29, 0.717) is 6.42 Å². The van der Waals surface area contributed by atoms with Gasteiger partial charge in [0.25, 0.3) is 0 Å². The molecular weight excluding hydrogens is 222 g/mol. The second-order valence-electron chi connectivity index (χ2n) is 4.55. The molecule has 3 heteroatoms. The maximum Gasteiger partial charge on any atom is 0.0621 e. The summed E-state index contributed by atoms with van der Waals surface area (Å²) in [6, 6.07) is 10.9. The van der Waals surface area contributed by atoms with Crippen molar-refractivity contribution in [3.05, 3.63) is 36.0 Å². The molecule has 0 bridgehead atoms. The Balaban J connectivity index is 2.08. The first-order valence-electron chi connectivity index (χ1n) is 6.44. The molecule has 0 aliphatic heterocycles. The van der Waals surface area contributed by atoms with E-state index in [1.807, 2.05) is 7.05 Å². The predicted molar refractivity (Wildman–Crippen MR) is 74.2 cm³/mol. The highest BCUT2D eigenvalue weighted by Crippen LogP contribution is 2.18. The molecule has 0 aliphatic carbocycles. The highest BCUT2D eigenvalue weighted by atomic mass is 14.9. The van der Waals surface area contributed by atoms with Crippen LogP contribution in [0.3, 0.4) is 0 Å². The molecule has 0 radical (unpaired) electrons. The lowest BCUT2D eigenvalue weighted by molar-refractivity contribution is 0.632. The lowest BCUT2D eigenvalue weighted by Gasteiger charge is -2.05. The Bertz CT molecular complexity index is 548. The number of nitrogens with zero attached hydrogens (tertiary/aromatic N) is 2. The molecule has 2 aromatic rings. The molecule has 1 aromatic heterocycles. The number of aromatic nitrogens is 1. The Kier molecular flexibility index (Phi) is 4.38. The molecule has 0 saturated carbocycles. The SMILES string of the molecule is CNCc1ccc2c(ccn2CCCCC#N)c1. The van der Waals surface area contributed by atoms with Crippen LogP contribution in [-0.4, -0.2) is 11.6 Å². The Hall–Kier alpha value is -1.79. The third-order valence-corrected chi connectivity index (χ3v) is 3.15. The smallest absolute Gasteiger partial charge is 0.0621 e. The van der Waals surface area contributed by atoms with Crippen LogP contribution in [0.2, 0.25) is 0 Å². The molecule has 1 N–H and O–H groups in total. The van der Waals surface area contributed by atoms with Crippen LogP contribution in [0, 0.1) is 11.3 Å². The van der Waals surface area contributed by atoms with Gasteiger partial charge in [-0.3, -0.25) is 0 Å². The topological polar surface area (TPSA) is 40.8 Å². The number of nitrogens with one attached hydrogen (secondary N) is 1. The van der Waals surface area contributed by atoms with E-state index >= 15 is 0 Å². The van der Waals surface area contributed by atoms with Gasteiger partial charge in [0, 0.05) is 31.2 Å². The minimum Gasteiger partial charge on any atom is -0.347 e. The summed E-state index contributed by atoms with van der Waals surface area (Å²) in [5.74, 6) is 0. The predicted octanol–water partition coefficient (Wildman–Crippen LogP) is 3.05. The molecule has 0 spiro atoms. The summed E-state index contributed by atoms with van der Waals surface area (Å²) in [6.45, 7) is 1.90. The van der Waals surface area contributed by atoms with Crippen molar-refractivity contribution in [3.8, 4) is 6.07 Å². The van der Waals surface area contributed by atoms with Crippen LogP contribution in [0.1, 0.15) is 24.8 Å². The van der Waals surface area contributed by atoms with E-state index in [-0.39, 0.29) is 0 Å². The first-order chi connectivity index (χ1) is 8.85. The molecule has 0 atom stereocenters. The van der Waals surface area contributed by atoms with Gasteiger partial charge >= 0.3 is 0 Å². The second kappa shape index (κ2) is 6.23. The third-order valence-electron chi connectivity index (χ3n) is 3.15. The largest absolute Gasteiger partial charge is 0.347 e. The number of benzene rings is 1. The maximum absolute atomic E-state index is 8.51. The number of fused-ring (bicyclic) bond motifs is 1. The van der Waals surface area contributed by atoms with Gasteiger partial charge in [-0.2, -0.15) is 5.26 Å². The van der Waals surface area contributed by atoms with Crippen LogP contribution < -0.4 is 5.32 Å². The fourth-order valence-corrected chi connectivity index (χ4v) is 2.24. The highest BCUT2D eigenvalue weighted by Gasteiger charge is 2.01. The molecule has 94 valence electrons. The van der Waals surface area contributed by atoms with Crippen molar-refractivity contribution >= 4 is 10.9 Å². The van der Waals surface area contributed by atoms with Crippen molar-refractivity contribution in [1.29, 1.82) is 5.26 Å². The number of nitriles is 1. The minimum absolute atomic E-state index is 0.658. The van der Waals surface area contributed by atoms with Gasteiger partial charge in [0.15, 0.2) is 0 Å². The van der Waals surface area contributed by atoms with E-state index < -0.39 is 0 Å². The van der Waals surface area contributed by atoms with Crippen molar-refractivity contribution in [2.24, 2.45) is 0 Å². The van der Waals surface area contributed by atoms with Gasteiger partial charge in [-0.25, -0.2) is 0 Å². The summed E-state index contributed by atoms with van der Waals surface area (Å²) in [5.41, 5.74) is 2.60. The Morgan fingerprint density at radius 1 is 1.28 bits per heavy atom. The molecule has 3 nitrogen and oxygen atoms in total. The molecular formula is C15H19N3. The van der Waals surface area contributed by atoms with Gasteiger partial charge in [-0.1, -0.05) is 6.07 Å². The lowest BCUT2D eigenvalue weighted by atomic mass is 10.1. The molecule has 0 aliphatic rings. The maximum atomic E-state index is 8.51. The molecule has 0 unspecified atom stereocenters. The van der Waals surface area contributed by atoms with Gasteiger partial charge in [-0.15, -0.1) is 0 Å². The third kappa shape index (κ3) is 2.91. The van der Waals surface area contributed by atoms with E-state index in [9.17, 15) is 0 Å². The zero-order valence-corrected chi connectivity index (χ0v) is 10.8. The number of rotatable bonds is 6. The number of hydrogen-bond donors (Lipinski definition) is 1. The van der Waals surface area contributed by atoms with Crippen molar-refractivity contribution in [1.82, 2.24) is 9.88 Å². The second-order valence-corrected chi connectivity index (χ2v) is 4.55. The van der Waals surface area contributed by atoms with Gasteiger partial charge in [0.05, 0.1) is 6.07 Å². The van der Waals surface area contributed by atoms with Crippen LogP contribution in [0.5, 0.6) is 0 Å². The van der Waals surface area contributed by atoms with Crippen LogP contribution in [0.4, 0.5) is 0 Å². The first-order valence-corrected chi connectivity index (χ1v) is 6.44. The lowest BCUT2D eigenvalue weighted by Crippen LogP contribution is -2.04. The average molecular weight is 241 g/mol. The fraction of sp³-hybridized carbons (Fsp3) is 0.400. The van der Waals surface area contributed by atoms with Crippen molar-refractivity contribution in [2.75, 3.05) is 7.05 Å². The number of hydrogen-bond acceptors (Lipinski definition) is 2. The normalized spacial score (nSPS) is 10.7. The van der Waals surface area contributed by atoms with Crippen LogP contribution in [-0.2, 0) is 13.1 Å². The summed E-state index contributed by atoms with van der Waals surface area (Å²) >= 11 is 0. The molecule has 18 heavy (non-hydrogen) atoms. The van der Waals surface area contributed by atoms with E-state index in [2.05, 4.69) is 46.4 Å². The molecule has 0 fully saturated rings. The Morgan fingerprint density at radius 2 is 2.17 bits per heavy atom. The van der Waals surface area contributed by atoms with Crippen molar-refractivity contribution < 1.29 is 0 Å². The summed E-state index contributed by atoms with van der Waals surface area (Å²) in [4.78, 5) is 0. The number of unbranched alkanes of at least 4 members (excludes halogenated alkanes) is 2. The van der Waals surface area contributed by atoms with E-state index in [0.717, 1.165) is 25.9 Å². The molecule has 0 saturated heterocycles. The molecule has 1 aromatic carbocycles. The highest BCUT2D eigenvalue weighted by molar-refractivity contribution is 5.80. The molecule has 2 rings (SSSR count). The van der Waals surface area contributed by atoms with Crippen molar-refractivity contribution in [3.63, 3.8) is 0 Å². The summed E-state index contributed by atoms with van der Waals surface area (Å²) in [7, 11) is 1.96. The molecule has 0 amide bonds. The van der Waals surface area contributed by atoms with Gasteiger partial charge in [0.2, 0.25) is 0 Å². The van der Waals surface area contributed by atoms with E-state index in [1.165, 1.54) is 16.5 Å². The van der Waals surface area contributed by atoms with E-state index in [4.69, 9.17) is 5.26 Å². The number of aryl methyl sites for hydroxylation is 1. The summed E-state index contributed by atoms with van der Waals surface area (Å²) in [6.07, 6.45) is 4.84. The Morgan fingerprint density at radius 3 is 2.94 bits per heavy atom. The van der Waals surface area contributed by atoms with Gasteiger partial charge in [0.1, 0.15) is 0 Å². The summed E-state index contributed by atoms with van der Waals surface area (Å²) < 4.78 is 2.27. The standard InChI is InChI=1S/C15H19N3/c1-17-12-13-5-6-15-14(11-13)7-10-18(15)9-4-2-3-8-16/h5-7,10-11,17H,2-4,9,12H2,1H3. The monoisotopic (exact) mass is 241 g/mol. The summed E-state index contributed by atoms with van der Waals surface area (Å²) in [5, 5.41) is 13.0. The van der Waals surface area contributed by atoms with Gasteiger partial charge in [-0.05, 0) is 49.0 Å².